The maximum Gasteiger partial charge on any atom is 0.261 e. The van der Waals surface area contributed by atoms with E-state index in [1.54, 1.807) is 24.3 Å². The van der Waals surface area contributed by atoms with Crippen LogP contribution in [0.15, 0.2) is 48.5 Å². The fourth-order valence-corrected chi connectivity index (χ4v) is 2.96. The molecular weight excluding hydrogens is 328 g/mol. The Morgan fingerprint density at radius 1 is 0.923 bits per heavy atom. The van der Waals surface area contributed by atoms with Gasteiger partial charge in [-0.25, -0.2) is 0 Å². The van der Waals surface area contributed by atoms with Gasteiger partial charge < -0.3 is 9.64 Å². The lowest BCUT2D eigenvalue weighted by Gasteiger charge is -2.14. The fourth-order valence-electron chi connectivity index (χ4n) is 2.96. The minimum atomic E-state index is -0.212. The number of rotatable bonds is 8. The maximum atomic E-state index is 12.3. The van der Waals surface area contributed by atoms with E-state index in [0.29, 0.717) is 30.7 Å². The molecule has 2 aromatic rings. The largest absolute Gasteiger partial charge is 0.494 e. The molecule has 2 amide bonds. The van der Waals surface area contributed by atoms with Crippen molar-refractivity contribution in [3.8, 4) is 5.75 Å². The van der Waals surface area contributed by atoms with Crippen molar-refractivity contribution >= 4 is 11.8 Å². The van der Waals surface area contributed by atoms with E-state index in [2.05, 4.69) is 31.1 Å². The van der Waals surface area contributed by atoms with Crippen LogP contribution in [0.4, 0.5) is 0 Å². The third-order valence-electron chi connectivity index (χ3n) is 4.44. The van der Waals surface area contributed by atoms with Gasteiger partial charge in [0.2, 0.25) is 0 Å². The van der Waals surface area contributed by atoms with Gasteiger partial charge in [0.15, 0.2) is 0 Å². The summed E-state index contributed by atoms with van der Waals surface area (Å²) in [5.41, 5.74) is 2.26. The molecule has 0 aliphatic carbocycles. The van der Waals surface area contributed by atoms with Gasteiger partial charge in [-0.05, 0) is 56.8 Å². The summed E-state index contributed by atoms with van der Waals surface area (Å²) in [5.74, 6) is 0.382. The number of hydrogen-bond donors (Lipinski definition) is 0. The quantitative estimate of drug-likeness (QED) is 0.541. The van der Waals surface area contributed by atoms with E-state index in [1.807, 2.05) is 12.1 Å². The number of hydrogen-bond acceptors (Lipinski definition) is 4. The number of likely N-dealkylation sites (N-methyl/N-ethyl adjacent to an activating group) is 1. The molecule has 3 rings (SSSR count). The molecule has 0 saturated heterocycles. The van der Waals surface area contributed by atoms with E-state index in [4.69, 9.17) is 4.74 Å². The smallest absolute Gasteiger partial charge is 0.261 e. The molecule has 0 atom stereocenters. The number of ether oxygens (including phenoxy) is 1. The number of benzene rings is 2. The van der Waals surface area contributed by atoms with Crippen molar-refractivity contribution < 1.29 is 14.3 Å². The molecule has 0 radical (unpaired) electrons. The second kappa shape index (κ2) is 8.15. The predicted molar refractivity (Wildman–Crippen MR) is 101 cm³/mol. The fraction of sp³-hybridized carbons (Fsp3) is 0.333. The summed E-state index contributed by atoms with van der Waals surface area (Å²) in [6.45, 7) is 1.85. The number of nitrogens with zero attached hydrogens (tertiary/aromatic N) is 2. The number of fused-ring (bicyclic) bond motifs is 1. The van der Waals surface area contributed by atoms with Crippen LogP contribution in [0.1, 0.15) is 32.7 Å². The lowest BCUT2D eigenvalue weighted by molar-refractivity contribution is 0.0647. The zero-order chi connectivity index (χ0) is 18.5. The Balaban J connectivity index is 1.45. The molecule has 2 aromatic carbocycles. The van der Waals surface area contributed by atoms with Crippen LogP contribution in [0.25, 0.3) is 0 Å². The summed E-state index contributed by atoms with van der Waals surface area (Å²) in [5, 5.41) is 0. The molecule has 0 N–H and O–H groups in total. The summed E-state index contributed by atoms with van der Waals surface area (Å²) in [7, 11) is 4.12. The molecule has 1 heterocycles. The molecule has 0 saturated carbocycles. The Hall–Kier alpha value is -2.66. The predicted octanol–water partition coefficient (Wildman–Crippen LogP) is 2.86. The molecule has 0 aromatic heterocycles. The van der Waals surface area contributed by atoms with Gasteiger partial charge in [0.25, 0.3) is 11.8 Å². The van der Waals surface area contributed by atoms with Crippen molar-refractivity contribution in [3.63, 3.8) is 0 Å². The van der Waals surface area contributed by atoms with Crippen LogP contribution < -0.4 is 4.74 Å². The maximum absolute atomic E-state index is 12.3. The molecule has 0 spiro atoms. The van der Waals surface area contributed by atoms with Crippen molar-refractivity contribution in [3.05, 3.63) is 65.2 Å². The van der Waals surface area contributed by atoms with Crippen LogP contribution in [0.2, 0.25) is 0 Å². The third-order valence-corrected chi connectivity index (χ3v) is 4.44. The van der Waals surface area contributed by atoms with Gasteiger partial charge >= 0.3 is 0 Å². The van der Waals surface area contributed by atoms with E-state index in [9.17, 15) is 9.59 Å². The summed E-state index contributed by atoms with van der Waals surface area (Å²) in [6, 6.07) is 15.0. The molecule has 0 fully saturated rings. The Morgan fingerprint density at radius 3 is 2.12 bits per heavy atom. The number of imide groups is 1. The Kier molecular flexibility index (Phi) is 5.68. The molecule has 0 bridgehead atoms. The first-order chi connectivity index (χ1) is 12.6. The molecular formula is C21H24N2O3. The summed E-state index contributed by atoms with van der Waals surface area (Å²) in [6.07, 6.45) is 1.61. The monoisotopic (exact) mass is 352 g/mol. The lowest BCUT2D eigenvalue weighted by atomic mass is 10.1. The second-order valence-electron chi connectivity index (χ2n) is 6.71. The molecule has 26 heavy (non-hydrogen) atoms. The standard InChI is InChI=1S/C21H24N2O3/c1-22(2)14-12-16-8-10-17(11-9-16)26-15-5-13-23-20(24)18-6-3-4-7-19(18)21(23)25/h3-4,6-11H,5,12-15H2,1-2H3. The van der Waals surface area contributed by atoms with Gasteiger partial charge in [0.1, 0.15) is 5.75 Å². The van der Waals surface area contributed by atoms with Crippen LogP contribution >= 0.6 is 0 Å². The Labute approximate surface area is 154 Å². The Bertz CT molecular complexity index is 749. The van der Waals surface area contributed by atoms with E-state index < -0.39 is 0 Å². The normalized spacial score (nSPS) is 13.4. The van der Waals surface area contributed by atoms with Crippen LogP contribution in [-0.4, -0.2) is 55.4 Å². The van der Waals surface area contributed by atoms with Crippen LogP contribution in [0.5, 0.6) is 5.75 Å². The summed E-state index contributed by atoms with van der Waals surface area (Å²) < 4.78 is 5.73. The zero-order valence-electron chi connectivity index (χ0n) is 15.3. The van der Waals surface area contributed by atoms with Crippen LogP contribution in [0.3, 0.4) is 0 Å². The van der Waals surface area contributed by atoms with Gasteiger partial charge in [-0.1, -0.05) is 24.3 Å². The molecule has 1 aliphatic heterocycles. The van der Waals surface area contributed by atoms with Crippen molar-refractivity contribution in [1.82, 2.24) is 9.80 Å². The molecule has 1 aliphatic rings. The average molecular weight is 352 g/mol. The first kappa shape index (κ1) is 18.1. The number of carbonyl (C=O) groups is 2. The minimum absolute atomic E-state index is 0.212. The highest BCUT2D eigenvalue weighted by molar-refractivity contribution is 6.21. The molecule has 5 heteroatoms. The van der Waals surface area contributed by atoms with Crippen LogP contribution in [0, 0.1) is 0 Å². The highest BCUT2D eigenvalue weighted by Crippen LogP contribution is 2.22. The van der Waals surface area contributed by atoms with Crippen molar-refractivity contribution in [2.24, 2.45) is 0 Å². The lowest BCUT2D eigenvalue weighted by Crippen LogP contribution is -2.31. The summed E-state index contributed by atoms with van der Waals surface area (Å²) >= 11 is 0. The first-order valence-corrected chi connectivity index (χ1v) is 8.88. The topological polar surface area (TPSA) is 49.9 Å². The summed E-state index contributed by atoms with van der Waals surface area (Å²) in [4.78, 5) is 28.0. The van der Waals surface area contributed by atoms with E-state index >= 15 is 0 Å². The van der Waals surface area contributed by atoms with Crippen molar-refractivity contribution in [2.45, 2.75) is 12.8 Å². The van der Waals surface area contributed by atoms with Crippen molar-refractivity contribution in [2.75, 3.05) is 33.8 Å². The molecule has 136 valence electrons. The third kappa shape index (κ3) is 4.11. The van der Waals surface area contributed by atoms with Gasteiger partial charge in [-0.2, -0.15) is 0 Å². The van der Waals surface area contributed by atoms with Crippen LogP contribution in [-0.2, 0) is 6.42 Å². The van der Waals surface area contributed by atoms with E-state index in [-0.39, 0.29) is 11.8 Å². The van der Waals surface area contributed by atoms with Gasteiger partial charge in [-0.15, -0.1) is 0 Å². The zero-order valence-corrected chi connectivity index (χ0v) is 15.3. The highest BCUT2D eigenvalue weighted by Gasteiger charge is 2.34. The first-order valence-electron chi connectivity index (χ1n) is 8.88. The van der Waals surface area contributed by atoms with Crippen molar-refractivity contribution in [1.29, 1.82) is 0 Å². The van der Waals surface area contributed by atoms with Gasteiger partial charge in [0.05, 0.1) is 17.7 Å². The average Bonchev–Trinajstić information content (AvgIpc) is 2.89. The SMILES string of the molecule is CN(C)CCc1ccc(OCCCN2C(=O)c3ccccc3C2=O)cc1. The number of amides is 2. The van der Waals surface area contributed by atoms with E-state index in [0.717, 1.165) is 18.7 Å². The van der Waals surface area contributed by atoms with Gasteiger partial charge in [0, 0.05) is 13.1 Å². The highest BCUT2D eigenvalue weighted by atomic mass is 16.5. The van der Waals surface area contributed by atoms with E-state index in [1.165, 1.54) is 10.5 Å². The minimum Gasteiger partial charge on any atom is -0.494 e. The molecule has 5 nitrogen and oxygen atoms in total. The molecule has 0 unspecified atom stereocenters. The number of carbonyl (C=O) groups excluding carboxylic acids is 2. The second-order valence-corrected chi connectivity index (χ2v) is 6.71. The Morgan fingerprint density at radius 2 is 1.54 bits per heavy atom. The van der Waals surface area contributed by atoms with Gasteiger partial charge in [-0.3, -0.25) is 14.5 Å².